The fourth-order valence-corrected chi connectivity index (χ4v) is 3.93. The summed E-state index contributed by atoms with van der Waals surface area (Å²) in [6.07, 6.45) is 3.84. The first-order valence-electron chi connectivity index (χ1n) is 8.54. The largest absolute Gasteiger partial charge is 0.342 e. The molecular formula is C20H18ClN5S. The molecule has 0 N–H and O–H groups in total. The number of halogens is 1. The summed E-state index contributed by atoms with van der Waals surface area (Å²) in [5.41, 5.74) is 2.15. The minimum Gasteiger partial charge on any atom is -0.342 e. The number of aromatic nitrogens is 4. The number of nitrogens with zero attached hydrogens (tertiary/aromatic N) is 5. The first kappa shape index (κ1) is 17.7. The van der Waals surface area contributed by atoms with Crippen LogP contribution in [0.3, 0.4) is 0 Å². The van der Waals surface area contributed by atoms with Crippen LogP contribution in [-0.2, 0) is 13.1 Å². The molecule has 0 aliphatic rings. The van der Waals surface area contributed by atoms with E-state index in [-0.39, 0.29) is 0 Å². The maximum Gasteiger partial charge on any atom is 0.208 e. The predicted molar refractivity (Wildman–Crippen MR) is 110 cm³/mol. The zero-order valence-electron chi connectivity index (χ0n) is 14.8. The molecule has 136 valence electrons. The first-order valence-corrected chi connectivity index (χ1v) is 9.73. The van der Waals surface area contributed by atoms with E-state index in [4.69, 9.17) is 11.6 Å². The van der Waals surface area contributed by atoms with Crippen molar-refractivity contribution in [2.24, 2.45) is 0 Å². The highest BCUT2D eigenvalue weighted by atomic mass is 35.5. The molecule has 0 amide bonds. The molecule has 27 heavy (non-hydrogen) atoms. The Bertz CT molecular complexity index is 1030. The summed E-state index contributed by atoms with van der Waals surface area (Å²) >= 11 is 7.79. The van der Waals surface area contributed by atoms with Gasteiger partial charge < -0.3 is 9.47 Å². The van der Waals surface area contributed by atoms with Crippen molar-refractivity contribution >= 4 is 28.1 Å². The van der Waals surface area contributed by atoms with Gasteiger partial charge in [-0.25, -0.2) is 4.98 Å². The molecule has 0 saturated heterocycles. The van der Waals surface area contributed by atoms with Crippen molar-refractivity contribution in [2.45, 2.75) is 13.1 Å². The van der Waals surface area contributed by atoms with Crippen LogP contribution in [0.25, 0.3) is 10.6 Å². The van der Waals surface area contributed by atoms with Gasteiger partial charge >= 0.3 is 0 Å². The molecule has 2 aromatic carbocycles. The number of hydrogen-bond acceptors (Lipinski definition) is 5. The highest BCUT2D eigenvalue weighted by Crippen LogP contribution is 2.33. The SMILES string of the molecule is CN(Cc1nccn1Cc1ccccc1)c1nnc(-c2ccccc2Cl)s1. The molecule has 0 saturated carbocycles. The van der Waals surface area contributed by atoms with Crippen molar-refractivity contribution in [2.75, 3.05) is 11.9 Å². The third-order valence-electron chi connectivity index (χ3n) is 4.22. The summed E-state index contributed by atoms with van der Waals surface area (Å²) in [6.45, 7) is 1.45. The van der Waals surface area contributed by atoms with Gasteiger partial charge in [-0.1, -0.05) is 71.5 Å². The molecule has 4 aromatic rings. The Morgan fingerprint density at radius 2 is 1.81 bits per heavy atom. The monoisotopic (exact) mass is 395 g/mol. The minimum absolute atomic E-state index is 0.650. The second-order valence-electron chi connectivity index (χ2n) is 6.18. The molecule has 0 atom stereocenters. The van der Waals surface area contributed by atoms with E-state index in [1.165, 1.54) is 16.9 Å². The molecule has 7 heteroatoms. The van der Waals surface area contributed by atoms with Crippen molar-refractivity contribution in [1.82, 2.24) is 19.7 Å². The van der Waals surface area contributed by atoms with Crippen LogP contribution in [0.1, 0.15) is 11.4 Å². The molecule has 2 aromatic heterocycles. The van der Waals surface area contributed by atoms with Gasteiger partial charge in [0, 0.05) is 31.5 Å². The summed E-state index contributed by atoms with van der Waals surface area (Å²) in [5, 5.41) is 11.0. The van der Waals surface area contributed by atoms with Crippen LogP contribution < -0.4 is 4.90 Å². The van der Waals surface area contributed by atoms with Crippen molar-refractivity contribution in [1.29, 1.82) is 0 Å². The second-order valence-corrected chi connectivity index (χ2v) is 7.55. The highest BCUT2D eigenvalue weighted by molar-refractivity contribution is 7.18. The second kappa shape index (κ2) is 7.90. The Kier molecular flexibility index (Phi) is 5.18. The van der Waals surface area contributed by atoms with Crippen LogP contribution in [0.15, 0.2) is 67.0 Å². The van der Waals surface area contributed by atoms with E-state index in [0.29, 0.717) is 11.6 Å². The molecule has 0 radical (unpaired) electrons. The van der Waals surface area contributed by atoms with Crippen LogP contribution in [0.5, 0.6) is 0 Å². The van der Waals surface area contributed by atoms with Crippen LogP contribution in [0, 0.1) is 0 Å². The van der Waals surface area contributed by atoms with Gasteiger partial charge in [-0.15, -0.1) is 10.2 Å². The van der Waals surface area contributed by atoms with Gasteiger partial charge in [0.1, 0.15) is 5.82 Å². The number of rotatable bonds is 6. The third-order valence-corrected chi connectivity index (χ3v) is 5.62. The fraction of sp³-hybridized carbons (Fsp3) is 0.150. The van der Waals surface area contributed by atoms with Crippen LogP contribution in [0.4, 0.5) is 5.13 Å². The summed E-state index contributed by atoms with van der Waals surface area (Å²) in [6, 6.07) is 18.0. The Hall–Kier alpha value is -2.70. The fourth-order valence-electron chi connectivity index (χ4n) is 2.81. The van der Waals surface area contributed by atoms with Crippen LogP contribution >= 0.6 is 22.9 Å². The lowest BCUT2D eigenvalue weighted by atomic mass is 10.2. The van der Waals surface area contributed by atoms with E-state index < -0.39 is 0 Å². The summed E-state index contributed by atoms with van der Waals surface area (Å²) in [7, 11) is 2.00. The molecular weight excluding hydrogens is 378 g/mol. The van der Waals surface area contributed by atoms with Gasteiger partial charge in [0.2, 0.25) is 5.13 Å². The Morgan fingerprint density at radius 3 is 2.63 bits per heavy atom. The predicted octanol–water partition coefficient (Wildman–Crippen LogP) is 4.74. The van der Waals surface area contributed by atoms with E-state index in [0.717, 1.165) is 28.1 Å². The van der Waals surface area contributed by atoms with E-state index in [1.54, 1.807) is 0 Å². The lowest BCUT2D eigenvalue weighted by Gasteiger charge is -2.16. The molecule has 0 aliphatic heterocycles. The lowest BCUT2D eigenvalue weighted by molar-refractivity contribution is 0.705. The average Bonchev–Trinajstić information content (AvgIpc) is 3.33. The topological polar surface area (TPSA) is 46.8 Å². The van der Waals surface area contributed by atoms with Crippen molar-refractivity contribution in [3.63, 3.8) is 0 Å². The minimum atomic E-state index is 0.650. The molecule has 0 bridgehead atoms. The van der Waals surface area contributed by atoms with E-state index >= 15 is 0 Å². The number of imidazole rings is 1. The van der Waals surface area contributed by atoms with Gasteiger partial charge in [0.05, 0.1) is 11.6 Å². The standard InChI is InChI=1S/C20H18ClN5S/c1-25(20-24-23-19(27-20)16-9-5-6-10-17(16)21)14-18-22-11-12-26(18)13-15-7-3-2-4-8-15/h2-12H,13-14H2,1H3. The number of benzene rings is 2. The average molecular weight is 396 g/mol. The molecule has 2 heterocycles. The molecule has 0 unspecified atom stereocenters. The normalized spacial score (nSPS) is 10.9. The third kappa shape index (κ3) is 4.02. The quantitative estimate of drug-likeness (QED) is 0.473. The van der Waals surface area contributed by atoms with E-state index in [9.17, 15) is 0 Å². The van der Waals surface area contributed by atoms with E-state index in [2.05, 4.69) is 48.9 Å². The lowest BCUT2D eigenvalue weighted by Crippen LogP contribution is -2.19. The molecule has 5 nitrogen and oxygen atoms in total. The van der Waals surface area contributed by atoms with Crippen LogP contribution in [-0.4, -0.2) is 26.8 Å². The van der Waals surface area contributed by atoms with E-state index in [1.807, 2.05) is 49.8 Å². The summed E-state index contributed by atoms with van der Waals surface area (Å²) in [5.74, 6) is 0.982. The van der Waals surface area contributed by atoms with Crippen LogP contribution in [0.2, 0.25) is 5.02 Å². The number of anilines is 1. The molecule has 0 spiro atoms. The summed E-state index contributed by atoms with van der Waals surface area (Å²) < 4.78 is 2.15. The maximum atomic E-state index is 6.27. The maximum absolute atomic E-state index is 6.27. The van der Waals surface area contributed by atoms with Gasteiger partial charge in [-0.2, -0.15) is 0 Å². The zero-order valence-corrected chi connectivity index (χ0v) is 16.4. The first-order chi connectivity index (χ1) is 13.2. The molecule has 0 aliphatic carbocycles. The Balaban J connectivity index is 1.50. The Labute approximate surface area is 166 Å². The van der Waals surface area contributed by atoms with Gasteiger partial charge in [0.25, 0.3) is 0 Å². The van der Waals surface area contributed by atoms with Crippen molar-refractivity contribution in [3.05, 3.63) is 83.4 Å². The summed E-state index contributed by atoms with van der Waals surface area (Å²) in [4.78, 5) is 6.57. The van der Waals surface area contributed by atoms with Crippen molar-refractivity contribution in [3.8, 4) is 10.6 Å². The molecule has 0 fully saturated rings. The highest BCUT2D eigenvalue weighted by Gasteiger charge is 2.14. The zero-order chi connectivity index (χ0) is 18.6. The molecule has 4 rings (SSSR count). The van der Waals surface area contributed by atoms with Gasteiger partial charge in [-0.3, -0.25) is 0 Å². The number of hydrogen-bond donors (Lipinski definition) is 0. The van der Waals surface area contributed by atoms with Gasteiger partial charge in [0.15, 0.2) is 5.01 Å². The Morgan fingerprint density at radius 1 is 1.04 bits per heavy atom. The van der Waals surface area contributed by atoms with Crippen molar-refractivity contribution < 1.29 is 0 Å². The smallest absolute Gasteiger partial charge is 0.208 e. The van der Waals surface area contributed by atoms with Gasteiger partial charge in [-0.05, 0) is 11.6 Å².